The van der Waals surface area contributed by atoms with E-state index in [0.29, 0.717) is 24.9 Å². The third kappa shape index (κ3) is 3.44. The maximum atomic E-state index is 11.6. The van der Waals surface area contributed by atoms with Gasteiger partial charge in [-0.25, -0.2) is 0 Å². The molecule has 0 saturated carbocycles. The van der Waals surface area contributed by atoms with E-state index < -0.39 is 0 Å². The molecule has 0 aromatic carbocycles. The van der Waals surface area contributed by atoms with Crippen molar-refractivity contribution in [1.82, 2.24) is 5.32 Å². The SMILES string of the molecule is CCNC(C)CC(=O)C1CCOC1. The fourth-order valence-corrected chi connectivity index (χ4v) is 1.68. The van der Waals surface area contributed by atoms with Gasteiger partial charge in [-0.15, -0.1) is 0 Å². The van der Waals surface area contributed by atoms with Crippen LogP contribution in [0.3, 0.4) is 0 Å². The molecule has 0 amide bonds. The molecular weight excluding hydrogens is 166 g/mol. The molecule has 3 nitrogen and oxygen atoms in total. The highest BCUT2D eigenvalue weighted by Crippen LogP contribution is 2.15. The molecule has 1 saturated heterocycles. The van der Waals surface area contributed by atoms with Crippen molar-refractivity contribution >= 4 is 5.78 Å². The highest BCUT2D eigenvalue weighted by atomic mass is 16.5. The zero-order chi connectivity index (χ0) is 9.68. The average Bonchev–Trinajstić information content (AvgIpc) is 2.55. The molecule has 1 aliphatic heterocycles. The lowest BCUT2D eigenvalue weighted by atomic mass is 9.98. The Balaban J connectivity index is 2.23. The van der Waals surface area contributed by atoms with Gasteiger partial charge in [-0.3, -0.25) is 4.79 Å². The van der Waals surface area contributed by atoms with Crippen molar-refractivity contribution in [2.24, 2.45) is 5.92 Å². The van der Waals surface area contributed by atoms with Gasteiger partial charge >= 0.3 is 0 Å². The van der Waals surface area contributed by atoms with Crippen LogP contribution in [0, 0.1) is 5.92 Å². The first-order valence-corrected chi connectivity index (χ1v) is 5.08. The molecule has 0 aromatic rings. The minimum Gasteiger partial charge on any atom is -0.381 e. The smallest absolute Gasteiger partial charge is 0.139 e. The number of rotatable bonds is 5. The molecule has 0 aromatic heterocycles. The van der Waals surface area contributed by atoms with Gasteiger partial charge in [0, 0.05) is 25.0 Å². The number of ketones is 1. The van der Waals surface area contributed by atoms with Crippen LogP contribution >= 0.6 is 0 Å². The predicted octanol–water partition coefficient (Wildman–Crippen LogP) is 0.980. The maximum Gasteiger partial charge on any atom is 0.139 e. The highest BCUT2D eigenvalue weighted by Gasteiger charge is 2.24. The number of Topliss-reactive ketones (excluding diaryl/α,β-unsaturated/α-hetero) is 1. The second-order valence-corrected chi connectivity index (χ2v) is 3.69. The summed E-state index contributed by atoms with van der Waals surface area (Å²) in [4.78, 5) is 11.6. The zero-order valence-electron chi connectivity index (χ0n) is 8.51. The largest absolute Gasteiger partial charge is 0.381 e. The molecule has 13 heavy (non-hydrogen) atoms. The zero-order valence-corrected chi connectivity index (χ0v) is 8.51. The van der Waals surface area contributed by atoms with Crippen LogP contribution in [0.1, 0.15) is 26.7 Å². The van der Waals surface area contributed by atoms with Crippen LogP contribution in [0.25, 0.3) is 0 Å². The monoisotopic (exact) mass is 185 g/mol. The molecule has 3 heteroatoms. The van der Waals surface area contributed by atoms with Crippen LogP contribution in [0.5, 0.6) is 0 Å². The van der Waals surface area contributed by atoms with Gasteiger partial charge in [0.25, 0.3) is 0 Å². The van der Waals surface area contributed by atoms with Crippen LogP contribution in [-0.2, 0) is 9.53 Å². The number of hydrogen-bond donors (Lipinski definition) is 1. The van der Waals surface area contributed by atoms with E-state index in [1.54, 1.807) is 0 Å². The summed E-state index contributed by atoms with van der Waals surface area (Å²) in [6, 6.07) is 0.304. The average molecular weight is 185 g/mol. The van der Waals surface area contributed by atoms with Gasteiger partial charge in [0.05, 0.1) is 6.61 Å². The lowest BCUT2D eigenvalue weighted by Crippen LogP contribution is -2.30. The molecule has 1 heterocycles. The van der Waals surface area contributed by atoms with Gasteiger partial charge in [-0.1, -0.05) is 6.92 Å². The summed E-state index contributed by atoms with van der Waals surface area (Å²) in [5.41, 5.74) is 0. The van der Waals surface area contributed by atoms with Gasteiger partial charge in [0.1, 0.15) is 5.78 Å². The van der Waals surface area contributed by atoms with E-state index >= 15 is 0 Å². The van der Waals surface area contributed by atoms with E-state index in [1.165, 1.54) is 0 Å². The molecule has 0 bridgehead atoms. The maximum absolute atomic E-state index is 11.6. The van der Waals surface area contributed by atoms with Gasteiger partial charge in [-0.2, -0.15) is 0 Å². The molecule has 1 fully saturated rings. The fourth-order valence-electron chi connectivity index (χ4n) is 1.68. The molecule has 1 aliphatic rings. The lowest BCUT2D eigenvalue weighted by Gasteiger charge is -2.13. The fraction of sp³-hybridized carbons (Fsp3) is 0.900. The first-order chi connectivity index (χ1) is 6.24. The van der Waals surface area contributed by atoms with E-state index in [4.69, 9.17) is 4.74 Å². The highest BCUT2D eigenvalue weighted by molar-refractivity contribution is 5.81. The van der Waals surface area contributed by atoms with Gasteiger partial charge < -0.3 is 10.1 Å². The predicted molar refractivity (Wildman–Crippen MR) is 51.7 cm³/mol. The third-order valence-corrected chi connectivity index (χ3v) is 2.44. The Morgan fingerprint density at radius 2 is 2.46 bits per heavy atom. The molecule has 2 atom stereocenters. The van der Waals surface area contributed by atoms with E-state index in [9.17, 15) is 4.79 Å². The summed E-state index contributed by atoms with van der Waals surface area (Å²) in [6.07, 6.45) is 1.56. The van der Waals surface area contributed by atoms with Crippen LogP contribution in [0.15, 0.2) is 0 Å². The Kier molecular flexibility index (Phi) is 4.39. The summed E-state index contributed by atoms with van der Waals surface area (Å²) < 4.78 is 5.18. The van der Waals surface area contributed by atoms with E-state index in [-0.39, 0.29) is 5.92 Å². The third-order valence-electron chi connectivity index (χ3n) is 2.44. The van der Waals surface area contributed by atoms with E-state index in [2.05, 4.69) is 19.2 Å². The van der Waals surface area contributed by atoms with Crippen LogP contribution in [0.2, 0.25) is 0 Å². The summed E-state index contributed by atoms with van der Waals surface area (Å²) in [7, 11) is 0. The van der Waals surface area contributed by atoms with Crippen LogP contribution < -0.4 is 5.32 Å². The molecule has 1 rings (SSSR count). The molecule has 1 N–H and O–H groups in total. The molecule has 2 unspecified atom stereocenters. The van der Waals surface area contributed by atoms with Crippen molar-refractivity contribution in [3.05, 3.63) is 0 Å². The first kappa shape index (κ1) is 10.7. The second kappa shape index (κ2) is 5.35. The first-order valence-electron chi connectivity index (χ1n) is 5.08. The van der Waals surface area contributed by atoms with Crippen molar-refractivity contribution in [2.45, 2.75) is 32.7 Å². The minimum atomic E-state index is 0.168. The molecule has 0 spiro atoms. The van der Waals surface area contributed by atoms with Crippen molar-refractivity contribution in [3.8, 4) is 0 Å². The molecule has 0 aliphatic carbocycles. The normalized spacial score (nSPS) is 24.6. The Bertz CT molecular complexity index is 164. The number of ether oxygens (including phenoxy) is 1. The van der Waals surface area contributed by atoms with Crippen molar-refractivity contribution in [1.29, 1.82) is 0 Å². The topological polar surface area (TPSA) is 38.3 Å². The number of hydrogen-bond acceptors (Lipinski definition) is 3. The van der Waals surface area contributed by atoms with Gasteiger partial charge in [-0.05, 0) is 19.9 Å². The van der Waals surface area contributed by atoms with Crippen LogP contribution in [-0.4, -0.2) is 31.6 Å². The standard InChI is InChI=1S/C10H19NO2/c1-3-11-8(2)6-10(12)9-4-5-13-7-9/h8-9,11H,3-7H2,1-2H3. The quantitative estimate of drug-likeness (QED) is 0.694. The van der Waals surface area contributed by atoms with E-state index in [0.717, 1.165) is 19.6 Å². The lowest BCUT2D eigenvalue weighted by molar-refractivity contribution is -0.123. The number of carbonyl (C=O) groups excluding carboxylic acids is 1. The number of nitrogens with one attached hydrogen (secondary N) is 1. The Morgan fingerprint density at radius 3 is 3.00 bits per heavy atom. The van der Waals surface area contributed by atoms with Gasteiger partial charge in [0.15, 0.2) is 0 Å². The van der Waals surface area contributed by atoms with Gasteiger partial charge in [0.2, 0.25) is 0 Å². The van der Waals surface area contributed by atoms with Crippen molar-refractivity contribution in [2.75, 3.05) is 19.8 Å². The molecule has 0 radical (unpaired) electrons. The Morgan fingerprint density at radius 1 is 1.69 bits per heavy atom. The molecular formula is C10H19NO2. The summed E-state index contributed by atoms with van der Waals surface area (Å²) in [5.74, 6) is 0.520. The Hall–Kier alpha value is -0.410. The summed E-state index contributed by atoms with van der Waals surface area (Å²) in [6.45, 7) is 6.43. The minimum absolute atomic E-state index is 0.168. The van der Waals surface area contributed by atoms with E-state index in [1.807, 2.05) is 0 Å². The molecule has 76 valence electrons. The summed E-state index contributed by atoms with van der Waals surface area (Å²) >= 11 is 0. The number of carbonyl (C=O) groups is 1. The van der Waals surface area contributed by atoms with Crippen molar-refractivity contribution in [3.63, 3.8) is 0 Å². The Labute approximate surface area is 79.8 Å². The van der Waals surface area contributed by atoms with Crippen molar-refractivity contribution < 1.29 is 9.53 Å². The van der Waals surface area contributed by atoms with Crippen LogP contribution in [0.4, 0.5) is 0 Å². The second-order valence-electron chi connectivity index (χ2n) is 3.69. The summed E-state index contributed by atoms with van der Waals surface area (Å²) in [5, 5.41) is 3.24.